The van der Waals surface area contributed by atoms with Crippen molar-refractivity contribution in [1.82, 2.24) is 5.32 Å². The molecule has 1 unspecified atom stereocenters. The second-order valence-electron chi connectivity index (χ2n) is 6.43. The number of nitrogens with one attached hydrogen (secondary N) is 1. The van der Waals surface area contributed by atoms with Crippen molar-refractivity contribution in [2.45, 2.75) is 48.3 Å². The van der Waals surface area contributed by atoms with Gasteiger partial charge >= 0.3 is 57.5 Å². The third kappa shape index (κ3) is 8.08. The third-order valence-corrected chi connectivity index (χ3v) is 4.58. The largest absolute Gasteiger partial charge is 0.466 e. The lowest BCUT2D eigenvalue weighted by atomic mass is 10.2. The number of amides is 1. The topological polar surface area (TPSA) is 119 Å². The van der Waals surface area contributed by atoms with E-state index in [1.807, 2.05) is 6.58 Å². The number of rotatable bonds is 11. The van der Waals surface area contributed by atoms with E-state index in [2.05, 4.69) is 9.47 Å². The van der Waals surface area contributed by atoms with Gasteiger partial charge in [-0.1, -0.05) is 6.58 Å². The van der Waals surface area contributed by atoms with Gasteiger partial charge in [-0.25, -0.2) is 4.79 Å². The van der Waals surface area contributed by atoms with Crippen LogP contribution >= 0.6 is 0 Å². The first-order valence-corrected chi connectivity index (χ1v) is 9.84. The Hall–Kier alpha value is -2.36. The Kier molecular flexibility index (Phi) is 9.86. The maximum absolute atomic E-state index is 13.5. The van der Waals surface area contributed by atoms with E-state index in [9.17, 15) is 75.1 Å². The summed E-state index contributed by atoms with van der Waals surface area (Å²) in [4.78, 5) is 23.3. The number of alkyl halides is 13. The number of hydrogen-bond acceptors (Lipinski definition) is 6. The van der Waals surface area contributed by atoms with Crippen molar-refractivity contribution >= 4 is 22.0 Å². The normalized spacial score (nSPS) is 15.7. The van der Waals surface area contributed by atoms with E-state index in [0.717, 1.165) is 0 Å². The molecule has 0 bridgehead atoms. The maximum Gasteiger partial charge on any atom is 0.466 e. The van der Waals surface area contributed by atoms with Gasteiger partial charge in [0.15, 0.2) is 0 Å². The zero-order chi connectivity index (χ0) is 29.2. The van der Waals surface area contributed by atoms with E-state index in [4.69, 9.17) is 4.55 Å². The van der Waals surface area contributed by atoms with Crippen LogP contribution in [0.2, 0.25) is 0 Å². The summed E-state index contributed by atoms with van der Waals surface area (Å²) >= 11 is 0. The Bertz CT molecular complexity index is 940. The highest BCUT2D eigenvalue weighted by atomic mass is 32.2. The van der Waals surface area contributed by atoms with E-state index in [-0.39, 0.29) is 0 Å². The van der Waals surface area contributed by atoms with Crippen molar-refractivity contribution < 1.29 is 89.1 Å². The highest BCUT2D eigenvalue weighted by Gasteiger charge is 2.68. The zero-order valence-corrected chi connectivity index (χ0v) is 17.6. The molecule has 0 aliphatic rings. The van der Waals surface area contributed by atoms with Crippen LogP contribution in [-0.4, -0.2) is 73.5 Å². The molecule has 0 aliphatic heterocycles. The predicted octanol–water partition coefficient (Wildman–Crippen LogP) is 3.50. The molecule has 2 N–H and O–H groups in total. The fraction of sp³-hybridized carbons (Fsp3) is 0.714. The van der Waals surface area contributed by atoms with Crippen molar-refractivity contribution in [1.29, 1.82) is 0 Å². The molecule has 0 radical (unpaired) electrons. The second kappa shape index (κ2) is 10.6. The summed E-state index contributed by atoms with van der Waals surface area (Å²) in [6.07, 6.45) is -22.0. The van der Waals surface area contributed by atoms with Gasteiger partial charge in [-0.2, -0.15) is 65.5 Å². The molecule has 0 aromatic rings. The standard InChI is InChI=1S/C14H12F13NO7S/c1-6(12(20,21)22)7(29)35-11(13(23,24)25,8(30)28-5-10(17,18)19)34-4-2-3-9(15,16)14(26,27)36(31,32)33/h1-5H2,(H,28,30)(H,31,32,33). The van der Waals surface area contributed by atoms with Crippen molar-refractivity contribution in [2.24, 2.45) is 0 Å². The van der Waals surface area contributed by atoms with Crippen LogP contribution in [0.1, 0.15) is 12.8 Å². The van der Waals surface area contributed by atoms with Gasteiger partial charge in [-0.05, 0) is 6.42 Å². The fourth-order valence-electron chi connectivity index (χ4n) is 1.86. The van der Waals surface area contributed by atoms with Gasteiger partial charge < -0.3 is 14.8 Å². The molecule has 0 rings (SSSR count). The molecule has 8 nitrogen and oxygen atoms in total. The SMILES string of the molecule is C=C(C(=O)OC(OCCCC(F)(F)C(F)(F)S(=O)(=O)O)(C(=O)NCC(F)(F)F)C(F)(F)F)C(F)(F)F. The highest BCUT2D eigenvalue weighted by molar-refractivity contribution is 7.87. The number of ether oxygens (including phenoxy) is 2. The highest BCUT2D eigenvalue weighted by Crippen LogP contribution is 2.42. The molecule has 0 fully saturated rings. The molecule has 212 valence electrons. The summed E-state index contributed by atoms with van der Waals surface area (Å²) in [5, 5.41) is -5.73. The molecule has 0 aromatic heterocycles. The lowest BCUT2D eigenvalue weighted by molar-refractivity contribution is -0.348. The molecule has 36 heavy (non-hydrogen) atoms. The number of carbonyl (C=O) groups is 2. The Balaban J connectivity index is 6.11. The molecule has 0 aromatic carbocycles. The molecule has 0 aliphatic carbocycles. The van der Waals surface area contributed by atoms with Crippen LogP contribution in [0.4, 0.5) is 57.1 Å². The lowest BCUT2D eigenvalue weighted by Crippen LogP contribution is -2.62. The molecular formula is C14H12F13NO7S. The average Bonchev–Trinajstić information content (AvgIpc) is 2.64. The monoisotopic (exact) mass is 585 g/mol. The fourth-order valence-corrected chi connectivity index (χ4v) is 2.34. The van der Waals surface area contributed by atoms with Crippen LogP contribution in [0, 0.1) is 0 Å². The molecule has 0 saturated carbocycles. The molecule has 0 heterocycles. The van der Waals surface area contributed by atoms with Crippen molar-refractivity contribution in [3.05, 3.63) is 12.2 Å². The average molecular weight is 585 g/mol. The number of esters is 1. The van der Waals surface area contributed by atoms with Gasteiger partial charge in [0.05, 0.1) is 6.61 Å². The van der Waals surface area contributed by atoms with E-state index in [0.29, 0.717) is 5.32 Å². The van der Waals surface area contributed by atoms with E-state index >= 15 is 0 Å². The van der Waals surface area contributed by atoms with Crippen LogP contribution in [0.25, 0.3) is 0 Å². The molecular weight excluding hydrogens is 573 g/mol. The summed E-state index contributed by atoms with van der Waals surface area (Å²) in [6.45, 7) is -2.67. The first kappa shape index (κ1) is 33.6. The second-order valence-corrected chi connectivity index (χ2v) is 7.89. The number of hydrogen-bond donors (Lipinski definition) is 2. The van der Waals surface area contributed by atoms with E-state index < -0.39 is 89.1 Å². The Morgan fingerprint density at radius 1 is 0.889 bits per heavy atom. The van der Waals surface area contributed by atoms with Gasteiger partial charge in [0.1, 0.15) is 12.1 Å². The van der Waals surface area contributed by atoms with Gasteiger partial charge in [-0.15, -0.1) is 0 Å². The Labute approximate surface area is 191 Å². The van der Waals surface area contributed by atoms with Crippen molar-refractivity contribution in [3.8, 4) is 0 Å². The minimum Gasteiger partial charge on any atom is -0.412 e. The summed E-state index contributed by atoms with van der Waals surface area (Å²) in [7, 11) is -6.78. The van der Waals surface area contributed by atoms with Crippen LogP contribution < -0.4 is 5.32 Å². The molecule has 1 amide bonds. The number of halogens is 13. The number of carbonyl (C=O) groups excluding carboxylic acids is 2. The predicted molar refractivity (Wildman–Crippen MR) is 85.8 cm³/mol. The van der Waals surface area contributed by atoms with Crippen molar-refractivity contribution in [2.75, 3.05) is 13.2 Å². The summed E-state index contributed by atoms with van der Waals surface area (Å²) in [5.41, 5.74) is -2.73. The van der Waals surface area contributed by atoms with Gasteiger partial charge in [0, 0.05) is 6.42 Å². The first-order valence-electron chi connectivity index (χ1n) is 8.40. The zero-order valence-electron chi connectivity index (χ0n) is 16.8. The van der Waals surface area contributed by atoms with Gasteiger partial charge in [-0.3, -0.25) is 9.35 Å². The van der Waals surface area contributed by atoms with Gasteiger partial charge in [0.2, 0.25) is 0 Å². The van der Waals surface area contributed by atoms with Crippen LogP contribution in [0.15, 0.2) is 12.2 Å². The van der Waals surface area contributed by atoms with Crippen LogP contribution in [0.5, 0.6) is 0 Å². The minimum absolute atomic E-state index is 0.477. The Morgan fingerprint density at radius 3 is 1.72 bits per heavy atom. The molecule has 1 atom stereocenters. The molecule has 0 spiro atoms. The summed E-state index contributed by atoms with van der Waals surface area (Å²) in [5.74, 6) is -17.3. The smallest absolute Gasteiger partial charge is 0.412 e. The van der Waals surface area contributed by atoms with Gasteiger partial charge in [0.25, 0.3) is 0 Å². The molecule has 22 heteroatoms. The third-order valence-electron chi connectivity index (χ3n) is 3.64. The summed E-state index contributed by atoms with van der Waals surface area (Å²) in [6, 6.07) is 0. The van der Waals surface area contributed by atoms with E-state index in [1.54, 1.807) is 0 Å². The van der Waals surface area contributed by atoms with E-state index in [1.165, 1.54) is 0 Å². The summed E-state index contributed by atoms with van der Waals surface area (Å²) < 4.78 is 204. The molecule has 0 saturated heterocycles. The first-order chi connectivity index (χ1) is 15.6. The van der Waals surface area contributed by atoms with Crippen LogP contribution in [0.3, 0.4) is 0 Å². The Morgan fingerprint density at radius 2 is 1.36 bits per heavy atom. The lowest BCUT2D eigenvalue weighted by Gasteiger charge is -2.33. The minimum atomic E-state index is -6.78. The maximum atomic E-state index is 13.5. The quantitative estimate of drug-likeness (QED) is 0.0952. The van der Waals surface area contributed by atoms with Crippen LogP contribution in [-0.2, 0) is 29.2 Å². The van der Waals surface area contributed by atoms with Crippen molar-refractivity contribution in [3.63, 3.8) is 0 Å².